The number of amides is 1. The van der Waals surface area contributed by atoms with Crippen LogP contribution >= 0.6 is 11.6 Å². The SMILES string of the molecule is Cn1ccnc1[C@@H]1OCC[C@H]1C(=O)Nc1nc2ccc(Cl)cn2n1. The fourth-order valence-corrected chi connectivity index (χ4v) is 3.03. The summed E-state index contributed by atoms with van der Waals surface area (Å²) in [5.74, 6) is 0.471. The molecule has 0 unspecified atom stereocenters. The van der Waals surface area contributed by atoms with Crippen molar-refractivity contribution in [1.29, 1.82) is 0 Å². The number of halogens is 1. The van der Waals surface area contributed by atoms with Crippen molar-refractivity contribution in [3.8, 4) is 0 Å². The molecule has 0 saturated carbocycles. The molecule has 0 radical (unpaired) electrons. The zero-order valence-corrected chi connectivity index (χ0v) is 13.6. The number of anilines is 1. The van der Waals surface area contributed by atoms with Crippen LogP contribution in [0.2, 0.25) is 5.02 Å². The Morgan fingerprint density at radius 2 is 2.33 bits per heavy atom. The van der Waals surface area contributed by atoms with Gasteiger partial charge in [0.1, 0.15) is 11.9 Å². The van der Waals surface area contributed by atoms with Gasteiger partial charge in [-0.3, -0.25) is 10.1 Å². The Kier molecular flexibility index (Phi) is 3.70. The van der Waals surface area contributed by atoms with Gasteiger partial charge in [0.15, 0.2) is 5.65 Å². The van der Waals surface area contributed by atoms with Gasteiger partial charge in [0.05, 0.1) is 10.9 Å². The van der Waals surface area contributed by atoms with Gasteiger partial charge in [-0.05, 0) is 18.6 Å². The van der Waals surface area contributed by atoms with Crippen LogP contribution in [-0.4, -0.2) is 36.7 Å². The summed E-state index contributed by atoms with van der Waals surface area (Å²) < 4.78 is 9.11. The minimum absolute atomic E-state index is 0.178. The summed E-state index contributed by atoms with van der Waals surface area (Å²) in [5, 5.41) is 7.53. The first-order valence-corrected chi connectivity index (χ1v) is 7.91. The van der Waals surface area contributed by atoms with Crippen molar-refractivity contribution >= 4 is 29.1 Å². The fraction of sp³-hybridized carbons (Fsp3) is 0.333. The summed E-state index contributed by atoms with van der Waals surface area (Å²) in [6.07, 6.45) is 5.42. The van der Waals surface area contributed by atoms with E-state index in [1.807, 2.05) is 17.8 Å². The molecule has 0 bridgehead atoms. The van der Waals surface area contributed by atoms with Gasteiger partial charge in [0.2, 0.25) is 11.9 Å². The van der Waals surface area contributed by atoms with Crippen LogP contribution in [0.5, 0.6) is 0 Å². The lowest BCUT2D eigenvalue weighted by Gasteiger charge is -2.16. The molecule has 4 rings (SSSR count). The molecular formula is C15H15ClN6O2. The molecule has 3 aromatic rings. The highest BCUT2D eigenvalue weighted by molar-refractivity contribution is 6.30. The third-order valence-corrected chi connectivity index (χ3v) is 4.29. The molecule has 1 aliphatic heterocycles. The molecule has 8 nitrogen and oxygen atoms in total. The molecule has 2 atom stereocenters. The molecule has 0 aromatic carbocycles. The number of carbonyl (C=O) groups is 1. The van der Waals surface area contributed by atoms with Crippen molar-refractivity contribution in [1.82, 2.24) is 24.1 Å². The minimum atomic E-state index is -0.364. The molecule has 1 aliphatic rings. The lowest BCUT2D eigenvalue weighted by Crippen LogP contribution is -2.27. The van der Waals surface area contributed by atoms with Crippen molar-refractivity contribution in [3.05, 3.63) is 41.6 Å². The number of hydrogen-bond acceptors (Lipinski definition) is 5. The summed E-state index contributed by atoms with van der Waals surface area (Å²) >= 11 is 5.93. The van der Waals surface area contributed by atoms with Crippen molar-refractivity contribution in [3.63, 3.8) is 0 Å². The third-order valence-electron chi connectivity index (χ3n) is 4.07. The predicted molar refractivity (Wildman–Crippen MR) is 86.6 cm³/mol. The van der Waals surface area contributed by atoms with E-state index in [-0.39, 0.29) is 23.9 Å². The number of nitrogens with zero attached hydrogens (tertiary/aromatic N) is 5. The highest BCUT2D eigenvalue weighted by Gasteiger charge is 2.37. The average Bonchev–Trinajstić information content (AvgIpc) is 3.24. The Balaban J connectivity index is 1.55. The van der Waals surface area contributed by atoms with Gasteiger partial charge in [-0.25, -0.2) is 9.50 Å². The van der Waals surface area contributed by atoms with E-state index in [0.717, 1.165) is 5.82 Å². The molecule has 0 aliphatic carbocycles. The fourth-order valence-electron chi connectivity index (χ4n) is 2.88. The average molecular weight is 347 g/mol. The van der Waals surface area contributed by atoms with Crippen molar-refractivity contribution in [2.45, 2.75) is 12.5 Å². The summed E-state index contributed by atoms with van der Waals surface area (Å²) in [4.78, 5) is 21.2. The number of pyridine rings is 1. The summed E-state index contributed by atoms with van der Waals surface area (Å²) in [5.41, 5.74) is 0.609. The van der Waals surface area contributed by atoms with Crippen LogP contribution in [0, 0.1) is 5.92 Å². The number of ether oxygens (including phenoxy) is 1. The number of nitrogens with one attached hydrogen (secondary N) is 1. The van der Waals surface area contributed by atoms with E-state index in [4.69, 9.17) is 16.3 Å². The Hall–Kier alpha value is -2.45. The number of rotatable bonds is 3. The number of imidazole rings is 1. The van der Waals surface area contributed by atoms with E-state index < -0.39 is 0 Å². The molecule has 4 heterocycles. The first-order chi connectivity index (χ1) is 11.6. The van der Waals surface area contributed by atoms with Crippen LogP contribution in [0.3, 0.4) is 0 Å². The molecular weight excluding hydrogens is 332 g/mol. The van der Waals surface area contributed by atoms with Crippen molar-refractivity contribution < 1.29 is 9.53 Å². The second-order valence-corrected chi connectivity index (χ2v) is 6.09. The quantitative estimate of drug-likeness (QED) is 0.782. The summed E-state index contributed by atoms with van der Waals surface area (Å²) in [6.45, 7) is 0.518. The Labute approximate surface area is 142 Å². The molecule has 24 heavy (non-hydrogen) atoms. The number of fused-ring (bicyclic) bond motifs is 1. The minimum Gasteiger partial charge on any atom is -0.369 e. The van der Waals surface area contributed by atoms with Gasteiger partial charge in [0, 0.05) is 32.2 Å². The molecule has 9 heteroatoms. The second-order valence-electron chi connectivity index (χ2n) is 5.66. The van der Waals surface area contributed by atoms with E-state index in [0.29, 0.717) is 23.7 Å². The van der Waals surface area contributed by atoms with Crippen LogP contribution in [0.4, 0.5) is 5.95 Å². The first kappa shape index (κ1) is 15.1. The maximum absolute atomic E-state index is 12.6. The molecule has 124 valence electrons. The normalized spacial score (nSPS) is 20.6. The number of hydrogen-bond donors (Lipinski definition) is 1. The predicted octanol–water partition coefficient (Wildman–Crippen LogP) is 1.83. The zero-order chi connectivity index (χ0) is 16.7. The summed E-state index contributed by atoms with van der Waals surface area (Å²) in [6, 6.07) is 3.46. The van der Waals surface area contributed by atoms with Crippen LogP contribution in [-0.2, 0) is 16.6 Å². The summed E-state index contributed by atoms with van der Waals surface area (Å²) in [7, 11) is 1.88. The van der Waals surface area contributed by atoms with Gasteiger partial charge >= 0.3 is 0 Å². The highest BCUT2D eigenvalue weighted by Crippen LogP contribution is 2.34. The maximum atomic E-state index is 12.6. The van der Waals surface area contributed by atoms with E-state index in [2.05, 4.69) is 20.4 Å². The molecule has 3 aromatic heterocycles. The van der Waals surface area contributed by atoms with E-state index >= 15 is 0 Å². The van der Waals surface area contributed by atoms with E-state index in [1.165, 1.54) is 4.52 Å². The molecule has 1 amide bonds. The number of carbonyl (C=O) groups excluding carboxylic acids is 1. The zero-order valence-electron chi connectivity index (χ0n) is 12.9. The smallest absolute Gasteiger partial charge is 0.249 e. The lowest BCUT2D eigenvalue weighted by molar-refractivity contribution is -0.121. The Morgan fingerprint density at radius 3 is 3.12 bits per heavy atom. The second kappa shape index (κ2) is 5.88. The van der Waals surface area contributed by atoms with Crippen LogP contribution < -0.4 is 5.32 Å². The third kappa shape index (κ3) is 2.63. The Morgan fingerprint density at radius 1 is 1.46 bits per heavy atom. The molecule has 1 fully saturated rings. The maximum Gasteiger partial charge on any atom is 0.249 e. The highest BCUT2D eigenvalue weighted by atomic mass is 35.5. The number of aryl methyl sites for hydroxylation is 1. The van der Waals surface area contributed by atoms with Gasteiger partial charge in [-0.15, -0.1) is 5.10 Å². The lowest BCUT2D eigenvalue weighted by atomic mass is 10.00. The van der Waals surface area contributed by atoms with Crippen molar-refractivity contribution in [2.24, 2.45) is 13.0 Å². The molecule has 1 saturated heterocycles. The van der Waals surface area contributed by atoms with Crippen molar-refractivity contribution in [2.75, 3.05) is 11.9 Å². The van der Waals surface area contributed by atoms with Crippen LogP contribution in [0.25, 0.3) is 5.65 Å². The van der Waals surface area contributed by atoms with Crippen LogP contribution in [0.1, 0.15) is 18.3 Å². The van der Waals surface area contributed by atoms with E-state index in [1.54, 1.807) is 24.5 Å². The van der Waals surface area contributed by atoms with Gasteiger partial charge in [0.25, 0.3) is 0 Å². The van der Waals surface area contributed by atoms with Gasteiger partial charge in [-0.1, -0.05) is 11.6 Å². The monoisotopic (exact) mass is 346 g/mol. The standard InChI is InChI=1S/C15H15ClN6O2/c1-21-6-5-17-13(21)12-10(4-7-24-12)14(23)19-15-18-11-3-2-9(16)8-22(11)20-15/h2-3,5-6,8,10,12H,4,7H2,1H3,(H,19,20,23)/t10-,12-/m1/s1. The first-order valence-electron chi connectivity index (χ1n) is 7.53. The number of aromatic nitrogens is 5. The topological polar surface area (TPSA) is 86.3 Å². The Bertz CT molecular complexity index is 904. The molecule has 0 spiro atoms. The van der Waals surface area contributed by atoms with Gasteiger partial charge in [-0.2, -0.15) is 4.98 Å². The largest absolute Gasteiger partial charge is 0.369 e. The van der Waals surface area contributed by atoms with E-state index in [9.17, 15) is 4.79 Å². The molecule has 1 N–H and O–H groups in total. The van der Waals surface area contributed by atoms with Gasteiger partial charge < -0.3 is 9.30 Å². The van der Waals surface area contributed by atoms with Crippen LogP contribution in [0.15, 0.2) is 30.7 Å².